The van der Waals surface area contributed by atoms with Crippen LogP contribution in [0.5, 0.6) is 5.75 Å². The molecule has 198 valence electrons. The van der Waals surface area contributed by atoms with Crippen molar-refractivity contribution in [2.45, 2.75) is 25.9 Å². The van der Waals surface area contributed by atoms with Crippen LogP contribution in [0.25, 0.3) is 0 Å². The number of amides is 2. The number of ether oxygens (including phenoxy) is 1. The number of nitrogens with zero attached hydrogens (tertiary/aromatic N) is 2. The Morgan fingerprint density at radius 2 is 1.46 bits per heavy atom. The zero-order valence-electron chi connectivity index (χ0n) is 22.2. The number of carbonyl (C=O) groups excluding carboxylic acids is 2. The Morgan fingerprint density at radius 1 is 0.795 bits per heavy atom. The van der Waals surface area contributed by atoms with Crippen LogP contribution in [0.3, 0.4) is 0 Å². The molecular weight excluding hydrogens is 486 g/mol. The van der Waals surface area contributed by atoms with E-state index in [9.17, 15) is 9.59 Å². The van der Waals surface area contributed by atoms with Crippen molar-refractivity contribution in [2.24, 2.45) is 0 Å². The molecule has 0 unspecified atom stereocenters. The molecule has 0 radical (unpaired) electrons. The number of benzene rings is 4. The molecule has 6 nitrogen and oxygen atoms in total. The molecule has 1 heterocycles. The van der Waals surface area contributed by atoms with Crippen LogP contribution in [0, 0.1) is 0 Å². The van der Waals surface area contributed by atoms with Gasteiger partial charge in [-0.3, -0.25) is 9.59 Å². The van der Waals surface area contributed by atoms with Crippen molar-refractivity contribution in [3.63, 3.8) is 0 Å². The van der Waals surface area contributed by atoms with Gasteiger partial charge in [0, 0.05) is 31.4 Å². The third-order valence-electron chi connectivity index (χ3n) is 7.00. The molecule has 0 bridgehead atoms. The lowest BCUT2D eigenvalue weighted by Crippen LogP contribution is -2.33. The Hall–Kier alpha value is -4.58. The van der Waals surface area contributed by atoms with Crippen LogP contribution in [0.15, 0.2) is 103 Å². The summed E-state index contributed by atoms with van der Waals surface area (Å²) in [7, 11) is 1.81. The lowest BCUT2D eigenvalue weighted by molar-refractivity contribution is 0.0991. The van der Waals surface area contributed by atoms with Gasteiger partial charge in [-0.2, -0.15) is 0 Å². The second-order valence-corrected chi connectivity index (χ2v) is 9.70. The molecule has 0 spiro atoms. The molecule has 0 aliphatic carbocycles. The molecule has 1 saturated heterocycles. The van der Waals surface area contributed by atoms with E-state index in [0.717, 1.165) is 30.0 Å². The van der Waals surface area contributed by atoms with E-state index in [1.807, 2.05) is 67.7 Å². The molecule has 1 aliphatic rings. The van der Waals surface area contributed by atoms with Crippen LogP contribution >= 0.6 is 0 Å². The van der Waals surface area contributed by atoms with E-state index in [-0.39, 0.29) is 11.8 Å². The van der Waals surface area contributed by atoms with Crippen LogP contribution < -0.4 is 19.9 Å². The van der Waals surface area contributed by atoms with Gasteiger partial charge in [-0.15, -0.1) is 0 Å². The predicted molar refractivity (Wildman–Crippen MR) is 157 cm³/mol. The van der Waals surface area contributed by atoms with Crippen molar-refractivity contribution in [3.05, 3.63) is 120 Å². The lowest BCUT2D eigenvalue weighted by atomic mass is 10.1. The van der Waals surface area contributed by atoms with Crippen LogP contribution in [0.2, 0.25) is 0 Å². The highest BCUT2D eigenvalue weighted by Gasteiger charge is 2.21. The Bertz CT molecular complexity index is 1410. The topological polar surface area (TPSA) is 61.9 Å². The smallest absolute Gasteiger partial charge is 0.259 e. The molecule has 1 fully saturated rings. The first-order chi connectivity index (χ1) is 19.1. The molecule has 39 heavy (non-hydrogen) atoms. The maximum Gasteiger partial charge on any atom is 0.259 e. The molecular formula is C33H33N3O3. The van der Waals surface area contributed by atoms with Gasteiger partial charge in [-0.05, 0) is 73.4 Å². The average molecular weight is 520 g/mol. The highest BCUT2D eigenvalue weighted by Crippen LogP contribution is 2.31. The van der Waals surface area contributed by atoms with E-state index < -0.39 is 0 Å². The van der Waals surface area contributed by atoms with Crippen LogP contribution in [0.4, 0.5) is 17.1 Å². The van der Waals surface area contributed by atoms with Gasteiger partial charge in [0.1, 0.15) is 12.4 Å². The second kappa shape index (κ2) is 12.3. The number of rotatable bonds is 8. The summed E-state index contributed by atoms with van der Waals surface area (Å²) < 4.78 is 5.94. The largest absolute Gasteiger partial charge is 0.488 e. The molecule has 6 heteroatoms. The second-order valence-electron chi connectivity index (χ2n) is 9.70. The Kier molecular flexibility index (Phi) is 8.22. The number of para-hydroxylation sites is 3. The van der Waals surface area contributed by atoms with Crippen molar-refractivity contribution < 1.29 is 14.3 Å². The number of hydrogen-bond acceptors (Lipinski definition) is 4. The molecule has 0 atom stereocenters. The maximum atomic E-state index is 13.4. The lowest BCUT2D eigenvalue weighted by Gasteiger charge is -2.32. The minimum atomic E-state index is -0.273. The van der Waals surface area contributed by atoms with Gasteiger partial charge < -0.3 is 19.9 Å². The minimum Gasteiger partial charge on any atom is -0.488 e. The third-order valence-corrected chi connectivity index (χ3v) is 7.00. The molecule has 0 aromatic heterocycles. The van der Waals surface area contributed by atoms with Crippen molar-refractivity contribution in [2.75, 3.05) is 35.3 Å². The van der Waals surface area contributed by atoms with E-state index >= 15 is 0 Å². The number of hydrogen-bond donors (Lipinski definition) is 1. The molecule has 4 aromatic rings. The third kappa shape index (κ3) is 6.29. The van der Waals surface area contributed by atoms with Gasteiger partial charge in [-0.1, -0.05) is 54.6 Å². The molecule has 1 aliphatic heterocycles. The highest BCUT2D eigenvalue weighted by atomic mass is 16.5. The van der Waals surface area contributed by atoms with Crippen molar-refractivity contribution in [1.82, 2.24) is 0 Å². The first kappa shape index (κ1) is 26.0. The maximum absolute atomic E-state index is 13.4. The monoisotopic (exact) mass is 519 g/mol. The number of piperidine rings is 1. The summed E-state index contributed by atoms with van der Waals surface area (Å²) in [4.78, 5) is 30.5. The Balaban J connectivity index is 1.25. The summed E-state index contributed by atoms with van der Waals surface area (Å²) >= 11 is 0. The summed E-state index contributed by atoms with van der Waals surface area (Å²) in [6.07, 6.45) is 3.59. The summed E-state index contributed by atoms with van der Waals surface area (Å²) in [6, 6.07) is 32.1. The van der Waals surface area contributed by atoms with Crippen LogP contribution in [0.1, 0.15) is 45.5 Å². The van der Waals surface area contributed by atoms with Crippen molar-refractivity contribution in [1.29, 1.82) is 0 Å². The summed E-state index contributed by atoms with van der Waals surface area (Å²) in [5.41, 5.74) is 4.61. The first-order valence-corrected chi connectivity index (χ1v) is 13.4. The van der Waals surface area contributed by atoms with E-state index in [1.54, 1.807) is 41.3 Å². The zero-order valence-corrected chi connectivity index (χ0v) is 22.2. The number of nitrogens with one attached hydrogen (secondary N) is 1. The number of carbonyl (C=O) groups is 2. The van der Waals surface area contributed by atoms with Crippen LogP contribution in [-0.2, 0) is 6.61 Å². The predicted octanol–water partition coefficient (Wildman–Crippen LogP) is 6.78. The fraction of sp³-hybridized carbons (Fsp3) is 0.212. The van der Waals surface area contributed by atoms with Gasteiger partial charge in [0.15, 0.2) is 0 Å². The molecule has 0 saturated carbocycles. The summed E-state index contributed by atoms with van der Waals surface area (Å²) in [6.45, 7) is 2.39. The highest BCUT2D eigenvalue weighted by molar-refractivity contribution is 6.09. The quantitative estimate of drug-likeness (QED) is 0.279. The first-order valence-electron chi connectivity index (χ1n) is 13.4. The average Bonchev–Trinajstić information content (AvgIpc) is 3.01. The van der Waals surface area contributed by atoms with Crippen molar-refractivity contribution >= 4 is 28.9 Å². The number of anilines is 3. The van der Waals surface area contributed by atoms with Crippen molar-refractivity contribution in [3.8, 4) is 5.75 Å². The molecule has 5 rings (SSSR count). The van der Waals surface area contributed by atoms with Gasteiger partial charge >= 0.3 is 0 Å². The van der Waals surface area contributed by atoms with E-state index in [1.165, 1.54) is 19.3 Å². The zero-order chi connectivity index (χ0) is 27.0. The van der Waals surface area contributed by atoms with Crippen LogP contribution in [-0.4, -0.2) is 32.0 Å². The Morgan fingerprint density at radius 3 is 2.23 bits per heavy atom. The summed E-state index contributed by atoms with van der Waals surface area (Å²) in [5.74, 6) is 0.141. The van der Waals surface area contributed by atoms with E-state index in [0.29, 0.717) is 29.2 Å². The van der Waals surface area contributed by atoms with Gasteiger partial charge in [0.2, 0.25) is 0 Å². The molecule has 2 amide bonds. The minimum absolute atomic E-state index is 0.100. The Labute approximate surface area is 229 Å². The van der Waals surface area contributed by atoms with Gasteiger partial charge in [0.05, 0.1) is 16.9 Å². The normalized spacial score (nSPS) is 13.0. The molecule has 4 aromatic carbocycles. The van der Waals surface area contributed by atoms with E-state index in [2.05, 4.69) is 16.3 Å². The van der Waals surface area contributed by atoms with E-state index in [4.69, 9.17) is 4.74 Å². The molecule has 1 N–H and O–H groups in total. The SMILES string of the molecule is CN(C(=O)c1ccc(NC(=O)c2ccccc2OCc2ccccc2)cc1)c1ccccc1N1CCCCC1. The fourth-order valence-electron chi connectivity index (χ4n) is 4.86. The van der Waals surface area contributed by atoms with Gasteiger partial charge in [-0.25, -0.2) is 0 Å². The van der Waals surface area contributed by atoms with Gasteiger partial charge in [0.25, 0.3) is 11.8 Å². The summed E-state index contributed by atoms with van der Waals surface area (Å²) in [5, 5.41) is 2.93. The fourth-order valence-corrected chi connectivity index (χ4v) is 4.86. The standard InChI is InChI=1S/C33H33N3O3/c1-35(29-15-7-8-16-30(29)36-22-10-3-11-23-36)33(38)26-18-20-27(21-19-26)34-32(37)28-14-6-9-17-31(28)39-24-25-12-4-2-5-13-25/h2,4-9,12-21H,3,10-11,22-24H2,1H3,(H,34,37).